The summed E-state index contributed by atoms with van der Waals surface area (Å²) < 4.78 is 5.66. The number of nitrogens with zero attached hydrogens (tertiary/aromatic N) is 2. The van der Waals surface area contributed by atoms with Crippen molar-refractivity contribution in [3.05, 3.63) is 29.8 Å². The SMILES string of the molecule is CC1CN(CCOc2ccc(C#N)cc2)CCC1O. The van der Waals surface area contributed by atoms with Gasteiger partial charge in [0.15, 0.2) is 0 Å². The lowest BCUT2D eigenvalue weighted by molar-refractivity contribution is 0.0304. The smallest absolute Gasteiger partial charge is 0.119 e. The zero-order valence-corrected chi connectivity index (χ0v) is 11.2. The average Bonchev–Trinajstić information content (AvgIpc) is 2.43. The highest BCUT2D eigenvalue weighted by Gasteiger charge is 2.23. The van der Waals surface area contributed by atoms with Crippen LogP contribution in [0, 0.1) is 17.2 Å². The van der Waals surface area contributed by atoms with Gasteiger partial charge in [-0.2, -0.15) is 5.26 Å². The maximum atomic E-state index is 9.66. The molecule has 0 bridgehead atoms. The fourth-order valence-electron chi connectivity index (χ4n) is 2.34. The molecule has 1 N–H and O–H groups in total. The summed E-state index contributed by atoms with van der Waals surface area (Å²) in [7, 11) is 0. The molecular formula is C15H20N2O2. The van der Waals surface area contributed by atoms with Crippen molar-refractivity contribution in [1.82, 2.24) is 4.90 Å². The van der Waals surface area contributed by atoms with Gasteiger partial charge < -0.3 is 9.84 Å². The van der Waals surface area contributed by atoms with Gasteiger partial charge in [-0.3, -0.25) is 4.90 Å². The first-order valence-electron chi connectivity index (χ1n) is 6.72. The number of hydrogen-bond acceptors (Lipinski definition) is 4. The molecule has 1 aliphatic heterocycles. The van der Waals surface area contributed by atoms with Gasteiger partial charge in [-0.1, -0.05) is 6.92 Å². The lowest BCUT2D eigenvalue weighted by atomic mass is 9.97. The van der Waals surface area contributed by atoms with Crippen molar-refractivity contribution in [2.45, 2.75) is 19.4 Å². The van der Waals surface area contributed by atoms with Crippen LogP contribution in [-0.2, 0) is 0 Å². The maximum absolute atomic E-state index is 9.66. The predicted molar refractivity (Wildman–Crippen MR) is 72.9 cm³/mol. The largest absolute Gasteiger partial charge is 0.492 e. The van der Waals surface area contributed by atoms with Crippen LogP contribution in [0.4, 0.5) is 0 Å². The number of nitriles is 1. The van der Waals surface area contributed by atoms with Crippen LogP contribution in [0.2, 0.25) is 0 Å². The van der Waals surface area contributed by atoms with E-state index in [0.717, 1.165) is 31.8 Å². The van der Waals surface area contributed by atoms with Gasteiger partial charge in [-0.05, 0) is 36.6 Å². The van der Waals surface area contributed by atoms with E-state index in [1.807, 2.05) is 12.1 Å². The Morgan fingerprint density at radius 1 is 1.42 bits per heavy atom. The molecule has 1 aromatic carbocycles. The molecule has 102 valence electrons. The summed E-state index contributed by atoms with van der Waals surface area (Å²) in [5.74, 6) is 1.13. The fraction of sp³-hybridized carbons (Fsp3) is 0.533. The van der Waals surface area contributed by atoms with E-state index in [9.17, 15) is 5.11 Å². The topological polar surface area (TPSA) is 56.5 Å². The Bertz CT molecular complexity index is 438. The molecule has 2 unspecified atom stereocenters. The lowest BCUT2D eigenvalue weighted by Crippen LogP contribution is -2.43. The number of rotatable bonds is 4. The second kappa shape index (κ2) is 6.55. The fourth-order valence-corrected chi connectivity index (χ4v) is 2.34. The molecule has 0 radical (unpaired) electrons. The van der Waals surface area contributed by atoms with Gasteiger partial charge in [0.05, 0.1) is 17.7 Å². The number of aliphatic hydroxyl groups is 1. The molecule has 2 atom stereocenters. The molecule has 19 heavy (non-hydrogen) atoms. The van der Waals surface area contributed by atoms with E-state index >= 15 is 0 Å². The van der Waals surface area contributed by atoms with Gasteiger partial charge in [0.25, 0.3) is 0 Å². The molecule has 1 fully saturated rings. The van der Waals surface area contributed by atoms with Gasteiger partial charge >= 0.3 is 0 Å². The number of piperidine rings is 1. The van der Waals surface area contributed by atoms with Gasteiger partial charge in [0.1, 0.15) is 12.4 Å². The predicted octanol–water partition coefficient (Wildman–Crippen LogP) is 1.64. The molecule has 0 aromatic heterocycles. The third-order valence-electron chi connectivity index (χ3n) is 3.60. The van der Waals surface area contributed by atoms with Crippen molar-refractivity contribution in [2.24, 2.45) is 5.92 Å². The molecule has 0 aliphatic carbocycles. The zero-order valence-electron chi connectivity index (χ0n) is 11.2. The van der Waals surface area contributed by atoms with Crippen molar-refractivity contribution < 1.29 is 9.84 Å². The number of likely N-dealkylation sites (tertiary alicyclic amines) is 1. The van der Waals surface area contributed by atoms with Crippen LogP contribution < -0.4 is 4.74 Å². The first-order chi connectivity index (χ1) is 9.19. The summed E-state index contributed by atoms with van der Waals surface area (Å²) in [6.07, 6.45) is 0.689. The Morgan fingerprint density at radius 3 is 2.79 bits per heavy atom. The normalized spacial score (nSPS) is 23.8. The summed E-state index contributed by atoms with van der Waals surface area (Å²) in [6.45, 7) is 5.45. The van der Waals surface area contributed by atoms with Crippen molar-refractivity contribution in [2.75, 3.05) is 26.2 Å². The number of aliphatic hydroxyl groups excluding tert-OH is 1. The molecule has 2 rings (SSSR count). The zero-order chi connectivity index (χ0) is 13.7. The standard InChI is InChI=1S/C15H20N2O2/c1-12-11-17(7-6-15(12)18)8-9-19-14-4-2-13(10-16)3-5-14/h2-5,12,15,18H,6-9,11H2,1H3. The molecule has 1 saturated heterocycles. The lowest BCUT2D eigenvalue weighted by Gasteiger charge is -2.34. The second-order valence-corrected chi connectivity index (χ2v) is 5.12. The van der Waals surface area contributed by atoms with Crippen LogP contribution in [-0.4, -0.2) is 42.4 Å². The minimum atomic E-state index is -0.157. The van der Waals surface area contributed by atoms with E-state index in [1.54, 1.807) is 12.1 Å². The van der Waals surface area contributed by atoms with Crippen LogP contribution in [0.1, 0.15) is 18.9 Å². The molecule has 4 heteroatoms. The highest BCUT2D eigenvalue weighted by molar-refractivity contribution is 5.34. The summed E-state index contributed by atoms with van der Waals surface area (Å²) in [5, 5.41) is 18.4. The van der Waals surface area contributed by atoms with Crippen LogP contribution >= 0.6 is 0 Å². The van der Waals surface area contributed by atoms with Crippen molar-refractivity contribution in [1.29, 1.82) is 5.26 Å². The van der Waals surface area contributed by atoms with Gasteiger partial charge in [-0.25, -0.2) is 0 Å². The number of benzene rings is 1. The van der Waals surface area contributed by atoms with E-state index in [1.165, 1.54) is 0 Å². The Morgan fingerprint density at radius 2 is 2.16 bits per heavy atom. The minimum Gasteiger partial charge on any atom is -0.492 e. The highest BCUT2D eigenvalue weighted by Crippen LogP contribution is 2.16. The van der Waals surface area contributed by atoms with Gasteiger partial charge in [0.2, 0.25) is 0 Å². The first kappa shape index (κ1) is 13.9. The van der Waals surface area contributed by atoms with E-state index in [2.05, 4.69) is 17.9 Å². The number of ether oxygens (including phenoxy) is 1. The minimum absolute atomic E-state index is 0.157. The van der Waals surface area contributed by atoms with E-state index in [-0.39, 0.29) is 6.10 Å². The molecule has 0 saturated carbocycles. The van der Waals surface area contributed by atoms with E-state index in [0.29, 0.717) is 18.1 Å². The van der Waals surface area contributed by atoms with Crippen LogP contribution in [0.15, 0.2) is 24.3 Å². The summed E-state index contributed by atoms with van der Waals surface area (Å²) in [6, 6.07) is 9.24. The van der Waals surface area contributed by atoms with Crippen molar-refractivity contribution in [3.63, 3.8) is 0 Å². The maximum Gasteiger partial charge on any atom is 0.119 e. The molecular weight excluding hydrogens is 240 g/mol. The molecule has 4 nitrogen and oxygen atoms in total. The van der Waals surface area contributed by atoms with E-state index < -0.39 is 0 Å². The Labute approximate surface area is 114 Å². The van der Waals surface area contributed by atoms with Crippen LogP contribution in [0.3, 0.4) is 0 Å². The third-order valence-corrected chi connectivity index (χ3v) is 3.60. The quantitative estimate of drug-likeness (QED) is 0.894. The molecule has 0 amide bonds. The monoisotopic (exact) mass is 260 g/mol. The van der Waals surface area contributed by atoms with Crippen molar-refractivity contribution in [3.8, 4) is 11.8 Å². The summed E-state index contributed by atoms with van der Waals surface area (Å²) in [4.78, 5) is 2.32. The Hall–Kier alpha value is -1.57. The van der Waals surface area contributed by atoms with Crippen molar-refractivity contribution >= 4 is 0 Å². The average molecular weight is 260 g/mol. The third kappa shape index (κ3) is 3.95. The number of hydrogen-bond donors (Lipinski definition) is 1. The van der Waals surface area contributed by atoms with Crippen LogP contribution in [0.25, 0.3) is 0 Å². The van der Waals surface area contributed by atoms with Gasteiger partial charge in [-0.15, -0.1) is 0 Å². The van der Waals surface area contributed by atoms with Crippen LogP contribution in [0.5, 0.6) is 5.75 Å². The molecule has 1 heterocycles. The molecule has 0 spiro atoms. The molecule has 1 aliphatic rings. The highest BCUT2D eigenvalue weighted by atomic mass is 16.5. The Kier molecular flexibility index (Phi) is 4.78. The second-order valence-electron chi connectivity index (χ2n) is 5.12. The first-order valence-corrected chi connectivity index (χ1v) is 6.72. The van der Waals surface area contributed by atoms with Gasteiger partial charge in [0, 0.05) is 19.6 Å². The Balaban J connectivity index is 1.73. The summed E-state index contributed by atoms with van der Waals surface area (Å²) in [5.41, 5.74) is 0.645. The summed E-state index contributed by atoms with van der Waals surface area (Å²) >= 11 is 0. The van der Waals surface area contributed by atoms with E-state index in [4.69, 9.17) is 10.00 Å². The molecule has 1 aromatic rings.